The molecule has 0 aromatic heterocycles. The SMILES string of the molecule is CCOC1CON=C1c1cc(Br)ccc1OCC(=O)OC(C)(C)C. The molecule has 7 heteroatoms. The van der Waals surface area contributed by atoms with Gasteiger partial charge in [0.15, 0.2) is 6.61 Å². The van der Waals surface area contributed by atoms with Crippen molar-refractivity contribution in [2.45, 2.75) is 39.4 Å². The number of rotatable bonds is 6. The number of hydrogen-bond donors (Lipinski definition) is 0. The van der Waals surface area contributed by atoms with Gasteiger partial charge in [-0.1, -0.05) is 21.1 Å². The molecule has 0 fully saturated rings. The highest BCUT2D eigenvalue weighted by Gasteiger charge is 2.28. The molecule has 24 heavy (non-hydrogen) atoms. The zero-order valence-corrected chi connectivity index (χ0v) is 15.9. The van der Waals surface area contributed by atoms with Gasteiger partial charge < -0.3 is 19.0 Å². The van der Waals surface area contributed by atoms with Crippen molar-refractivity contribution in [3.8, 4) is 5.75 Å². The molecule has 1 unspecified atom stereocenters. The molecule has 0 bridgehead atoms. The molecule has 1 aromatic carbocycles. The van der Waals surface area contributed by atoms with Gasteiger partial charge in [0.1, 0.15) is 29.8 Å². The van der Waals surface area contributed by atoms with Crippen LogP contribution in [0, 0.1) is 0 Å². The second kappa shape index (κ2) is 7.98. The van der Waals surface area contributed by atoms with Crippen LogP contribution in [0.1, 0.15) is 33.3 Å². The van der Waals surface area contributed by atoms with Gasteiger partial charge >= 0.3 is 5.97 Å². The monoisotopic (exact) mass is 399 g/mol. The standard InChI is InChI=1S/C17H22BrNO5/c1-5-21-14-9-23-19-16(14)12-8-11(18)6-7-13(12)22-10-15(20)24-17(2,3)4/h6-8,14H,5,9-10H2,1-4H3. The van der Waals surface area contributed by atoms with Crippen LogP contribution >= 0.6 is 15.9 Å². The zero-order valence-electron chi connectivity index (χ0n) is 14.3. The minimum Gasteiger partial charge on any atom is -0.481 e. The molecule has 1 aliphatic heterocycles. The van der Waals surface area contributed by atoms with Crippen molar-refractivity contribution in [1.82, 2.24) is 0 Å². The van der Waals surface area contributed by atoms with Gasteiger partial charge in [0.25, 0.3) is 0 Å². The van der Waals surface area contributed by atoms with Gasteiger partial charge in [-0.25, -0.2) is 4.79 Å². The normalized spacial score (nSPS) is 17.2. The molecule has 1 atom stereocenters. The number of benzene rings is 1. The first kappa shape index (κ1) is 18.7. The molecule has 0 N–H and O–H groups in total. The fourth-order valence-electron chi connectivity index (χ4n) is 2.20. The molecule has 0 saturated heterocycles. The van der Waals surface area contributed by atoms with Crippen LogP contribution in [0.3, 0.4) is 0 Å². The fraction of sp³-hybridized carbons (Fsp3) is 0.529. The Labute approximate surface area is 150 Å². The van der Waals surface area contributed by atoms with Crippen LogP contribution in [0.15, 0.2) is 27.8 Å². The average molecular weight is 400 g/mol. The van der Waals surface area contributed by atoms with Crippen LogP contribution in [0.25, 0.3) is 0 Å². The van der Waals surface area contributed by atoms with Crippen molar-refractivity contribution in [3.05, 3.63) is 28.2 Å². The van der Waals surface area contributed by atoms with Crippen LogP contribution in [-0.2, 0) is 19.1 Å². The summed E-state index contributed by atoms with van der Waals surface area (Å²) < 4.78 is 17.4. The van der Waals surface area contributed by atoms with E-state index in [1.807, 2.05) is 39.8 Å². The summed E-state index contributed by atoms with van der Waals surface area (Å²) >= 11 is 3.44. The molecule has 0 spiro atoms. The van der Waals surface area contributed by atoms with E-state index in [4.69, 9.17) is 19.0 Å². The summed E-state index contributed by atoms with van der Waals surface area (Å²) in [6.07, 6.45) is -0.256. The Morgan fingerprint density at radius 1 is 1.42 bits per heavy atom. The Balaban J connectivity index is 2.15. The lowest BCUT2D eigenvalue weighted by molar-refractivity contribution is -0.157. The van der Waals surface area contributed by atoms with E-state index in [1.54, 1.807) is 6.07 Å². The molecular formula is C17H22BrNO5. The number of halogens is 1. The third kappa shape index (κ3) is 5.21. The van der Waals surface area contributed by atoms with Crippen LogP contribution in [0.2, 0.25) is 0 Å². The molecular weight excluding hydrogens is 378 g/mol. The van der Waals surface area contributed by atoms with Crippen molar-refractivity contribution in [2.75, 3.05) is 19.8 Å². The van der Waals surface area contributed by atoms with Gasteiger partial charge in [0, 0.05) is 16.6 Å². The van der Waals surface area contributed by atoms with Gasteiger partial charge in [-0.3, -0.25) is 0 Å². The minimum atomic E-state index is -0.549. The summed E-state index contributed by atoms with van der Waals surface area (Å²) in [7, 11) is 0. The van der Waals surface area contributed by atoms with Gasteiger partial charge in [-0.05, 0) is 45.9 Å². The second-order valence-corrected chi connectivity index (χ2v) is 7.15. The summed E-state index contributed by atoms with van der Waals surface area (Å²) in [6, 6.07) is 5.47. The van der Waals surface area contributed by atoms with Crippen molar-refractivity contribution >= 4 is 27.6 Å². The Hall–Kier alpha value is -1.60. The van der Waals surface area contributed by atoms with Gasteiger partial charge in [0.2, 0.25) is 0 Å². The Bertz CT molecular complexity index is 624. The highest BCUT2D eigenvalue weighted by atomic mass is 79.9. The Morgan fingerprint density at radius 2 is 2.17 bits per heavy atom. The Kier molecular flexibility index (Phi) is 6.23. The largest absolute Gasteiger partial charge is 0.481 e. The van der Waals surface area contributed by atoms with Crippen LogP contribution in [0.5, 0.6) is 5.75 Å². The number of ether oxygens (including phenoxy) is 3. The minimum absolute atomic E-state index is 0.181. The van der Waals surface area contributed by atoms with Gasteiger partial charge in [0.05, 0.1) is 0 Å². The first-order valence-electron chi connectivity index (χ1n) is 7.76. The molecule has 132 valence electrons. The predicted octanol–water partition coefficient (Wildman–Crippen LogP) is 3.31. The number of hydrogen-bond acceptors (Lipinski definition) is 6. The van der Waals surface area contributed by atoms with Gasteiger partial charge in [-0.15, -0.1) is 0 Å². The smallest absolute Gasteiger partial charge is 0.344 e. The van der Waals surface area contributed by atoms with Crippen molar-refractivity contribution in [3.63, 3.8) is 0 Å². The number of esters is 1. The van der Waals surface area contributed by atoms with E-state index in [0.717, 1.165) is 10.0 Å². The van der Waals surface area contributed by atoms with Crippen LogP contribution in [-0.4, -0.2) is 43.2 Å². The van der Waals surface area contributed by atoms with Crippen LogP contribution in [0.4, 0.5) is 0 Å². The third-order valence-electron chi connectivity index (χ3n) is 3.04. The van der Waals surface area contributed by atoms with Crippen LogP contribution < -0.4 is 4.74 Å². The number of oxime groups is 1. The van der Waals surface area contributed by atoms with Crippen molar-refractivity contribution < 1.29 is 23.8 Å². The lowest BCUT2D eigenvalue weighted by Gasteiger charge is -2.20. The number of nitrogens with zero attached hydrogens (tertiary/aromatic N) is 1. The molecule has 6 nitrogen and oxygen atoms in total. The highest BCUT2D eigenvalue weighted by molar-refractivity contribution is 9.10. The Morgan fingerprint density at radius 3 is 2.83 bits per heavy atom. The molecule has 0 aliphatic carbocycles. The van der Waals surface area contributed by atoms with E-state index in [-0.39, 0.29) is 12.7 Å². The van der Waals surface area contributed by atoms with E-state index in [1.165, 1.54) is 0 Å². The van der Waals surface area contributed by atoms with E-state index in [9.17, 15) is 4.79 Å². The molecule has 1 aliphatic rings. The first-order valence-corrected chi connectivity index (χ1v) is 8.55. The fourth-order valence-corrected chi connectivity index (χ4v) is 2.56. The topological polar surface area (TPSA) is 66.3 Å². The summed E-state index contributed by atoms with van der Waals surface area (Å²) in [5.74, 6) is 0.0975. The van der Waals surface area contributed by atoms with E-state index >= 15 is 0 Å². The summed E-state index contributed by atoms with van der Waals surface area (Å²) in [4.78, 5) is 17.0. The van der Waals surface area contributed by atoms with E-state index < -0.39 is 11.6 Å². The van der Waals surface area contributed by atoms with Crippen molar-refractivity contribution in [1.29, 1.82) is 0 Å². The lowest BCUT2D eigenvalue weighted by Crippen LogP contribution is -2.28. The number of carbonyl (C=O) groups excluding carboxylic acids is 1. The lowest BCUT2D eigenvalue weighted by atomic mass is 10.0. The predicted molar refractivity (Wildman–Crippen MR) is 93.4 cm³/mol. The molecule has 0 saturated carbocycles. The van der Waals surface area contributed by atoms with E-state index in [0.29, 0.717) is 24.7 Å². The maximum atomic E-state index is 11.9. The highest BCUT2D eigenvalue weighted by Crippen LogP contribution is 2.27. The molecule has 2 rings (SSSR count). The zero-order chi connectivity index (χ0) is 17.7. The second-order valence-electron chi connectivity index (χ2n) is 6.23. The maximum absolute atomic E-state index is 11.9. The molecule has 0 amide bonds. The summed E-state index contributed by atoms with van der Waals surface area (Å²) in [5, 5.41) is 4.07. The maximum Gasteiger partial charge on any atom is 0.344 e. The number of carbonyl (C=O) groups is 1. The quantitative estimate of drug-likeness (QED) is 0.686. The molecule has 1 heterocycles. The van der Waals surface area contributed by atoms with E-state index in [2.05, 4.69) is 21.1 Å². The summed E-state index contributed by atoms with van der Waals surface area (Å²) in [6.45, 7) is 8.08. The van der Waals surface area contributed by atoms with Crippen molar-refractivity contribution in [2.24, 2.45) is 5.16 Å². The average Bonchev–Trinajstić information content (AvgIpc) is 2.92. The molecule has 1 aromatic rings. The third-order valence-corrected chi connectivity index (χ3v) is 3.54. The molecule has 0 radical (unpaired) electrons. The summed E-state index contributed by atoms with van der Waals surface area (Å²) in [5.41, 5.74) is 0.827. The first-order chi connectivity index (χ1) is 11.3. The van der Waals surface area contributed by atoms with Gasteiger partial charge in [-0.2, -0.15) is 0 Å².